The lowest BCUT2D eigenvalue weighted by atomic mass is 10.1. The van der Waals surface area contributed by atoms with Crippen LogP contribution in [0.1, 0.15) is 31.1 Å². The van der Waals surface area contributed by atoms with E-state index in [1.807, 2.05) is 20.8 Å². The number of hydrogen-bond acceptors (Lipinski definition) is 6. The van der Waals surface area contributed by atoms with Crippen molar-refractivity contribution in [1.29, 1.82) is 0 Å². The van der Waals surface area contributed by atoms with E-state index in [0.717, 1.165) is 0 Å². The molecule has 1 aliphatic heterocycles. The van der Waals surface area contributed by atoms with Gasteiger partial charge in [0.25, 0.3) is 5.91 Å². The van der Waals surface area contributed by atoms with Gasteiger partial charge in [0.05, 0.1) is 33.0 Å². The molecule has 1 aromatic rings. The van der Waals surface area contributed by atoms with Crippen LogP contribution in [0.5, 0.6) is 17.2 Å². The van der Waals surface area contributed by atoms with Crippen LogP contribution in [-0.2, 0) is 9.53 Å². The molecule has 0 saturated carbocycles. The molecule has 1 heterocycles. The smallest absolute Gasteiger partial charge is 0.334 e. The molecule has 8 heteroatoms. The Morgan fingerprint density at radius 1 is 1.12 bits per heavy atom. The highest BCUT2D eigenvalue weighted by Gasteiger charge is 2.30. The molecule has 0 aliphatic carbocycles. The van der Waals surface area contributed by atoms with Gasteiger partial charge in [0, 0.05) is 12.1 Å². The minimum absolute atomic E-state index is 0.00465. The summed E-state index contributed by atoms with van der Waals surface area (Å²) in [6, 6.07) is 3.20. The average Bonchev–Trinajstić information content (AvgIpc) is 2.64. The van der Waals surface area contributed by atoms with E-state index < -0.39 is 12.1 Å². The molecule has 1 saturated heterocycles. The van der Waals surface area contributed by atoms with Crippen molar-refractivity contribution in [3.05, 3.63) is 17.7 Å². The van der Waals surface area contributed by atoms with Crippen LogP contribution >= 0.6 is 0 Å². The third kappa shape index (κ3) is 4.57. The fourth-order valence-electron chi connectivity index (χ4n) is 2.68. The highest BCUT2D eigenvalue weighted by Crippen LogP contribution is 2.39. The van der Waals surface area contributed by atoms with Gasteiger partial charge >= 0.3 is 5.97 Å². The predicted octanol–water partition coefficient (Wildman–Crippen LogP) is 1.81. The number of hydrogen-bond donors (Lipinski definition) is 1. The molecule has 8 nitrogen and oxygen atoms in total. The van der Waals surface area contributed by atoms with Crippen LogP contribution < -0.4 is 14.2 Å². The van der Waals surface area contributed by atoms with Gasteiger partial charge in [0.2, 0.25) is 5.75 Å². The van der Waals surface area contributed by atoms with Crippen molar-refractivity contribution in [3.8, 4) is 17.2 Å². The SMILES string of the molecule is CCOc1cc(C(=O)N2CCOC(C(=O)O)C2)cc(OCC)c1OCC. The fraction of sp³-hybridized carbons (Fsp3) is 0.556. The van der Waals surface area contributed by atoms with E-state index >= 15 is 0 Å². The van der Waals surface area contributed by atoms with Gasteiger partial charge in [-0.05, 0) is 32.9 Å². The Morgan fingerprint density at radius 2 is 1.69 bits per heavy atom. The normalized spacial score (nSPS) is 16.9. The van der Waals surface area contributed by atoms with Gasteiger partial charge < -0.3 is 29.0 Å². The average molecular weight is 367 g/mol. The fourth-order valence-corrected chi connectivity index (χ4v) is 2.68. The monoisotopic (exact) mass is 367 g/mol. The molecule has 1 fully saturated rings. The zero-order valence-corrected chi connectivity index (χ0v) is 15.3. The quantitative estimate of drug-likeness (QED) is 0.749. The van der Waals surface area contributed by atoms with E-state index in [0.29, 0.717) is 49.2 Å². The Morgan fingerprint density at radius 3 is 2.19 bits per heavy atom. The van der Waals surface area contributed by atoms with Crippen molar-refractivity contribution in [2.24, 2.45) is 0 Å². The van der Waals surface area contributed by atoms with Crippen LogP contribution in [0, 0.1) is 0 Å². The Kier molecular flexibility index (Phi) is 7.08. The summed E-state index contributed by atoms with van der Waals surface area (Å²) in [5.74, 6) is -0.0831. The number of carboxylic acid groups (broad SMARTS) is 1. The molecule has 1 aromatic carbocycles. The second kappa shape index (κ2) is 9.28. The van der Waals surface area contributed by atoms with E-state index in [1.54, 1.807) is 12.1 Å². The number of rotatable bonds is 8. The van der Waals surface area contributed by atoms with Crippen molar-refractivity contribution >= 4 is 11.9 Å². The Labute approximate surface area is 152 Å². The second-order valence-electron chi connectivity index (χ2n) is 5.55. The molecule has 144 valence electrons. The number of benzene rings is 1. The lowest BCUT2D eigenvalue weighted by molar-refractivity contribution is -0.154. The lowest BCUT2D eigenvalue weighted by Crippen LogP contribution is -2.48. The molecule has 26 heavy (non-hydrogen) atoms. The van der Waals surface area contributed by atoms with Crippen molar-refractivity contribution < 1.29 is 33.6 Å². The standard InChI is InChI=1S/C18H25NO7/c1-4-23-13-9-12(10-14(24-5-2)16(13)25-6-3)17(20)19-7-8-26-15(11-19)18(21)22/h9-10,15H,4-8,11H2,1-3H3,(H,21,22). The number of nitrogens with zero attached hydrogens (tertiary/aromatic N) is 1. The largest absolute Gasteiger partial charge is 0.490 e. The van der Waals surface area contributed by atoms with Gasteiger partial charge in [-0.1, -0.05) is 0 Å². The van der Waals surface area contributed by atoms with E-state index in [2.05, 4.69) is 0 Å². The summed E-state index contributed by atoms with van der Waals surface area (Å²) < 4.78 is 22.0. The van der Waals surface area contributed by atoms with Crippen LogP contribution in [0.4, 0.5) is 0 Å². The number of morpholine rings is 1. The molecule has 1 N–H and O–H groups in total. The van der Waals surface area contributed by atoms with Crippen molar-refractivity contribution in [2.45, 2.75) is 26.9 Å². The summed E-state index contributed by atoms with van der Waals surface area (Å²) in [5, 5.41) is 9.11. The summed E-state index contributed by atoms with van der Waals surface area (Å²) in [6.07, 6.45) is -1.02. The highest BCUT2D eigenvalue weighted by molar-refractivity contribution is 5.96. The molecular formula is C18H25NO7. The lowest BCUT2D eigenvalue weighted by Gasteiger charge is -2.31. The minimum atomic E-state index is -1.08. The number of carbonyl (C=O) groups is 2. The first-order chi connectivity index (χ1) is 12.5. The van der Waals surface area contributed by atoms with Crippen LogP contribution in [0.15, 0.2) is 12.1 Å². The van der Waals surface area contributed by atoms with E-state index in [1.165, 1.54) is 4.90 Å². The van der Waals surface area contributed by atoms with Gasteiger partial charge in [-0.15, -0.1) is 0 Å². The summed E-state index contributed by atoms with van der Waals surface area (Å²) >= 11 is 0. The minimum Gasteiger partial charge on any atom is -0.490 e. The molecular weight excluding hydrogens is 342 g/mol. The number of carboxylic acids is 1. The van der Waals surface area contributed by atoms with E-state index in [4.69, 9.17) is 24.1 Å². The maximum Gasteiger partial charge on any atom is 0.334 e. The van der Waals surface area contributed by atoms with Crippen LogP contribution in [0.25, 0.3) is 0 Å². The molecule has 0 bridgehead atoms. The Balaban J connectivity index is 2.34. The third-order valence-electron chi connectivity index (χ3n) is 3.79. The number of carbonyl (C=O) groups excluding carboxylic acids is 1. The molecule has 0 radical (unpaired) electrons. The topological polar surface area (TPSA) is 94.5 Å². The first-order valence-corrected chi connectivity index (χ1v) is 8.71. The van der Waals surface area contributed by atoms with Gasteiger partial charge in [-0.25, -0.2) is 4.79 Å². The van der Waals surface area contributed by atoms with Gasteiger partial charge in [-0.3, -0.25) is 4.79 Å². The first kappa shape index (κ1) is 19.8. The van der Waals surface area contributed by atoms with Gasteiger partial charge in [0.1, 0.15) is 0 Å². The van der Waals surface area contributed by atoms with Crippen molar-refractivity contribution in [1.82, 2.24) is 4.90 Å². The van der Waals surface area contributed by atoms with Crippen molar-refractivity contribution in [2.75, 3.05) is 39.5 Å². The third-order valence-corrected chi connectivity index (χ3v) is 3.79. The van der Waals surface area contributed by atoms with E-state index in [-0.39, 0.29) is 19.1 Å². The predicted molar refractivity (Wildman–Crippen MR) is 93.2 cm³/mol. The molecule has 2 rings (SSSR count). The van der Waals surface area contributed by atoms with Gasteiger partial charge in [0.15, 0.2) is 17.6 Å². The van der Waals surface area contributed by atoms with Crippen molar-refractivity contribution in [3.63, 3.8) is 0 Å². The second-order valence-corrected chi connectivity index (χ2v) is 5.55. The van der Waals surface area contributed by atoms with Crippen LogP contribution in [-0.4, -0.2) is 67.5 Å². The zero-order chi connectivity index (χ0) is 19.1. The molecule has 1 aliphatic rings. The zero-order valence-electron chi connectivity index (χ0n) is 15.3. The Bertz CT molecular complexity index is 619. The maximum absolute atomic E-state index is 12.9. The van der Waals surface area contributed by atoms with Gasteiger partial charge in [-0.2, -0.15) is 0 Å². The van der Waals surface area contributed by atoms with Crippen LogP contribution in [0.3, 0.4) is 0 Å². The number of ether oxygens (including phenoxy) is 4. The summed E-state index contributed by atoms with van der Waals surface area (Å²) in [6.45, 7) is 7.26. The summed E-state index contributed by atoms with van der Waals surface area (Å²) in [5.41, 5.74) is 0.353. The maximum atomic E-state index is 12.9. The molecule has 1 amide bonds. The first-order valence-electron chi connectivity index (χ1n) is 8.71. The molecule has 0 spiro atoms. The molecule has 1 unspecified atom stereocenters. The Hall–Kier alpha value is -2.48. The van der Waals surface area contributed by atoms with Crippen LogP contribution in [0.2, 0.25) is 0 Å². The summed E-state index contributed by atoms with van der Waals surface area (Å²) in [7, 11) is 0. The number of amides is 1. The molecule has 1 atom stereocenters. The highest BCUT2D eigenvalue weighted by atomic mass is 16.5. The van der Waals surface area contributed by atoms with E-state index in [9.17, 15) is 9.59 Å². The summed E-state index contributed by atoms with van der Waals surface area (Å²) in [4.78, 5) is 25.5. The number of aliphatic carboxylic acids is 1. The molecule has 0 aromatic heterocycles.